The van der Waals surface area contributed by atoms with Gasteiger partial charge in [-0.1, -0.05) is 78.1 Å². The fourth-order valence-corrected chi connectivity index (χ4v) is 2.82. The van der Waals surface area contributed by atoms with Crippen LogP contribution < -0.4 is 0 Å². The van der Waals surface area contributed by atoms with Crippen LogP contribution in [0.15, 0.2) is 0 Å². The van der Waals surface area contributed by atoms with Gasteiger partial charge < -0.3 is 36.0 Å². The molecule has 23 heavy (non-hydrogen) atoms. The van der Waals surface area contributed by atoms with Crippen molar-refractivity contribution in [2.75, 3.05) is 13.2 Å². The Hall–Kier alpha value is 1.47. The maximum atomic E-state index is 11.5. The van der Waals surface area contributed by atoms with E-state index in [0.29, 0.717) is 13.2 Å². The molecule has 0 aliphatic carbocycles. The third-order valence-electron chi connectivity index (χ3n) is 3.44. The van der Waals surface area contributed by atoms with E-state index in [0.717, 1.165) is 12.8 Å². The molecule has 0 bridgehead atoms. The number of unbranched alkanes of at least 4 members (excludes halogenated alkanes) is 10. The smallest absolute Gasteiger partial charge is 0.813 e. The van der Waals surface area contributed by atoms with Crippen molar-refractivity contribution in [2.24, 2.45) is 0 Å². The van der Waals surface area contributed by atoms with Crippen LogP contribution in [0, 0.1) is 0 Å². The maximum Gasteiger partial charge on any atom is 2.00 e. The summed E-state index contributed by atoms with van der Waals surface area (Å²) in [4.78, 5) is 0. The summed E-state index contributed by atoms with van der Waals surface area (Å²) in [5.41, 5.74) is 0. The molecular weight excluding hydrogens is 401 g/mol. The zero-order valence-corrected chi connectivity index (χ0v) is 21.0. The summed E-state index contributed by atoms with van der Waals surface area (Å²) >= 11 is 0. The molecule has 0 radical (unpaired) electrons. The van der Waals surface area contributed by atoms with Gasteiger partial charge in [-0.3, -0.25) is 4.57 Å². The third-order valence-corrected chi connectivity index (χ3v) is 4.32. The Morgan fingerprint density at radius 3 is 1.26 bits per heavy atom. The number of rotatable bonds is 16. The molecular formula is C16H37O3PS2Zn. The summed E-state index contributed by atoms with van der Waals surface area (Å²) in [5, 5.41) is 0. The molecule has 0 aromatic rings. The minimum atomic E-state index is -2.23. The molecule has 0 saturated carbocycles. The zero-order chi connectivity index (χ0) is 14.9. The first-order valence-corrected chi connectivity index (χ1v) is 9.83. The Morgan fingerprint density at radius 1 is 0.609 bits per heavy atom. The molecule has 3 nitrogen and oxygen atoms in total. The van der Waals surface area contributed by atoms with Gasteiger partial charge in [-0.2, -0.15) is 0 Å². The van der Waals surface area contributed by atoms with E-state index in [1.807, 2.05) is 0 Å². The number of hydrogen-bond acceptors (Lipinski definition) is 5. The minimum absolute atomic E-state index is 0. The third kappa shape index (κ3) is 28.5. The van der Waals surface area contributed by atoms with E-state index in [9.17, 15) is 4.57 Å². The van der Waals surface area contributed by atoms with Crippen LogP contribution in [0.5, 0.6) is 0 Å². The molecule has 0 aromatic heterocycles. The van der Waals surface area contributed by atoms with Crippen molar-refractivity contribution in [2.45, 2.75) is 90.9 Å². The standard InChI is InChI=1S/C16H35O3P.2H2S.Zn/c1-3-5-7-9-11-13-15-18-20(17)19-16-14-12-10-8-6-4-2;;;/h20H,3-16H2,1-2H3;2*1H2;/q;;;+2/p-2. The molecule has 0 aliphatic rings. The molecule has 0 aromatic carbocycles. The van der Waals surface area contributed by atoms with E-state index in [1.165, 1.54) is 64.2 Å². The first-order valence-electron chi connectivity index (χ1n) is 8.60. The minimum Gasteiger partial charge on any atom is -0.813 e. The van der Waals surface area contributed by atoms with Crippen LogP contribution in [0.4, 0.5) is 0 Å². The topological polar surface area (TPSA) is 35.5 Å². The van der Waals surface area contributed by atoms with Crippen LogP contribution >= 0.6 is 8.25 Å². The molecule has 0 unspecified atom stereocenters. The van der Waals surface area contributed by atoms with E-state index >= 15 is 0 Å². The molecule has 0 fully saturated rings. The van der Waals surface area contributed by atoms with Gasteiger partial charge in [-0.05, 0) is 12.8 Å². The Kier molecular flexibility index (Phi) is 39.6. The van der Waals surface area contributed by atoms with Gasteiger partial charge in [-0.15, -0.1) is 0 Å². The molecule has 0 spiro atoms. The quantitative estimate of drug-likeness (QED) is 0.103. The van der Waals surface area contributed by atoms with Gasteiger partial charge in [0, 0.05) is 0 Å². The van der Waals surface area contributed by atoms with Crippen LogP contribution in [-0.2, 0) is 60.1 Å². The van der Waals surface area contributed by atoms with Gasteiger partial charge in [0.15, 0.2) is 0 Å². The molecule has 0 atom stereocenters. The average Bonchev–Trinajstić information content (AvgIpc) is 2.45. The maximum absolute atomic E-state index is 11.5. The normalized spacial score (nSPS) is 9.87. The van der Waals surface area contributed by atoms with Crippen LogP contribution in [0.25, 0.3) is 0 Å². The fraction of sp³-hybridized carbons (Fsp3) is 1.00. The molecule has 0 aliphatic heterocycles. The van der Waals surface area contributed by atoms with Crippen molar-refractivity contribution in [3.63, 3.8) is 0 Å². The second-order valence-corrected chi connectivity index (χ2v) is 6.56. The Bertz CT molecular complexity index is 206. The predicted octanol–water partition coefficient (Wildman–Crippen LogP) is 5.59. The van der Waals surface area contributed by atoms with E-state index in [4.69, 9.17) is 9.05 Å². The fourth-order valence-electron chi connectivity index (χ4n) is 2.12. The number of thiol groups is 2. The second kappa shape index (κ2) is 28.3. The van der Waals surface area contributed by atoms with Crippen molar-refractivity contribution in [3.05, 3.63) is 0 Å². The summed E-state index contributed by atoms with van der Waals surface area (Å²) in [6.45, 7) is 5.60. The molecule has 0 rings (SSSR count). The van der Waals surface area contributed by atoms with Crippen LogP contribution in [0.2, 0.25) is 0 Å². The first kappa shape index (κ1) is 32.2. The van der Waals surface area contributed by atoms with Crippen molar-refractivity contribution < 1.29 is 33.1 Å². The Morgan fingerprint density at radius 2 is 0.913 bits per heavy atom. The average molecular weight is 438 g/mol. The van der Waals surface area contributed by atoms with Crippen molar-refractivity contribution in [1.82, 2.24) is 0 Å². The molecule has 7 heteroatoms. The zero-order valence-electron chi connectivity index (χ0n) is 15.2. The van der Waals surface area contributed by atoms with E-state index < -0.39 is 8.25 Å². The van der Waals surface area contributed by atoms with E-state index in [-0.39, 0.29) is 46.5 Å². The predicted molar refractivity (Wildman–Crippen MR) is 105 cm³/mol. The van der Waals surface area contributed by atoms with Crippen molar-refractivity contribution in [1.29, 1.82) is 0 Å². The van der Waals surface area contributed by atoms with Gasteiger partial charge in [-0.25, -0.2) is 0 Å². The Labute approximate surface area is 172 Å². The van der Waals surface area contributed by atoms with Crippen LogP contribution in [0.1, 0.15) is 90.9 Å². The summed E-state index contributed by atoms with van der Waals surface area (Å²) in [6, 6.07) is 0. The summed E-state index contributed by atoms with van der Waals surface area (Å²) in [7, 11) is -2.23. The van der Waals surface area contributed by atoms with Gasteiger partial charge >= 0.3 is 27.7 Å². The first-order chi connectivity index (χ1) is 9.81. The molecule has 0 amide bonds. The van der Waals surface area contributed by atoms with E-state index in [2.05, 4.69) is 13.8 Å². The molecule has 138 valence electrons. The van der Waals surface area contributed by atoms with Gasteiger partial charge in [0.05, 0.1) is 13.2 Å². The summed E-state index contributed by atoms with van der Waals surface area (Å²) in [6.07, 6.45) is 14.7. The Balaban J connectivity index is -0.000000602. The van der Waals surface area contributed by atoms with Crippen LogP contribution in [-0.4, -0.2) is 13.2 Å². The molecule has 0 N–H and O–H groups in total. The van der Waals surface area contributed by atoms with Crippen molar-refractivity contribution in [3.8, 4) is 0 Å². The van der Waals surface area contributed by atoms with Crippen molar-refractivity contribution >= 4 is 35.2 Å². The SMILES string of the molecule is CCCCCCCCO[PH](=O)OCCCCCCCC.[SH-].[SH-].[Zn+2]. The van der Waals surface area contributed by atoms with Gasteiger partial charge in [0.1, 0.15) is 0 Å². The van der Waals surface area contributed by atoms with Gasteiger partial charge in [0.25, 0.3) is 0 Å². The second-order valence-electron chi connectivity index (χ2n) is 5.48. The van der Waals surface area contributed by atoms with E-state index in [1.54, 1.807) is 0 Å². The molecule has 0 saturated heterocycles. The van der Waals surface area contributed by atoms with Crippen LogP contribution in [0.3, 0.4) is 0 Å². The van der Waals surface area contributed by atoms with Gasteiger partial charge in [0.2, 0.25) is 0 Å². The largest absolute Gasteiger partial charge is 2.00 e. The monoisotopic (exact) mass is 436 g/mol. The summed E-state index contributed by atoms with van der Waals surface area (Å²) < 4.78 is 21.9. The number of hydrogen-bond donors (Lipinski definition) is 0. The summed E-state index contributed by atoms with van der Waals surface area (Å²) in [5.74, 6) is 0. The molecule has 0 heterocycles.